The topological polar surface area (TPSA) is 98.8 Å². The molecule has 0 saturated heterocycles. The van der Waals surface area contributed by atoms with Crippen LogP contribution in [0.4, 0.5) is 0 Å². The molecule has 22 aromatic rings. The van der Waals surface area contributed by atoms with Crippen LogP contribution in [0.3, 0.4) is 0 Å². The van der Waals surface area contributed by atoms with E-state index in [1.807, 2.05) is 97.8 Å². The van der Waals surface area contributed by atoms with E-state index < -0.39 is 0 Å². The van der Waals surface area contributed by atoms with Crippen LogP contribution in [0, 0.1) is 80.5 Å². The maximum absolute atomic E-state index is 6.47. The number of ether oxygens (including phenoxy) is 1. The number of furan rings is 2. The van der Waals surface area contributed by atoms with Gasteiger partial charge in [-0.25, -0.2) is 0 Å². The third-order valence-corrected chi connectivity index (χ3v) is 24.1. The first-order valence-corrected chi connectivity index (χ1v) is 42.6. The Hall–Kier alpha value is -14.4. The fourth-order valence-electron chi connectivity index (χ4n) is 18.8. The maximum Gasteiger partial charge on any atom is 3.00 e. The quantitative estimate of drug-likeness (QED) is 0.0894. The Morgan fingerprint density at radius 2 is 0.696 bits per heavy atom. The van der Waals surface area contributed by atoms with E-state index >= 15 is 0 Å². The van der Waals surface area contributed by atoms with Gasteiger partial charge in [0.2, 0.25) is 0 Å². The first kappa shape index (κ1) is 80.3. The number of hydrogen-bond acceptors (Lipinski definition) is 6. The van der Waals surface area contributed by atoms with E-state index in [1.54, 1.807) is 0 Å². The predicted molar refractivity (Wildman–Crippen MR) is 510 cm³/mol. The van der Waals surface area contributed by atoms with Crippen molar-refractivity contribution in [3.8, 4) is 90.6 Å². The Bertz CT molecular complexity index is 7640. The van der Waals surface area contributed by atoms with Crippen LogP contribution in [0.2, 0.25) is 0 Å². The Labute approximate surface area is 741 Å². The molecule has 7 heterocycles. The summed E-state index contributed by atoms with van der Waals surface area (Å²) in [5.41, 5.74) is 35.4. The van der Waals surface area contributed by atoms with E-state index in [1.165, 1.54) is 99.8 Å². The summed E-state index contributed by atoms with van der Waals surface area (Å²) in [6.07, 6.45) is 14.4. The van der Waals surface area contributed by atoms with Gasteiger partial charge < -0.3 is 36.4 Å². The van der Waals surface area contributed by atoms with Gasteiger partial charge >= 0.3 is 20.1 Å². The van der Waals surface area contributed by atoms with Gasteiger partial charge in [-0.2, -0.15) is 0 Å². The van der Waals surface area contributed by atoms with Crippen LogP contribution in [0.15, 0.2) is 331 Å². The maximum atomic E-state index is 6.47. The van der Waals surface area contributed by atoms with Gasteiger partial charge in [0.1, 0.15) is 28.1 Å². The van der Waals surface area contributed by atoms with Gasteiger partial charge in [-0.05, 0) is 246 Å². The van der Waals surface area contributed by atoms with Crippen molar-refractivity contribution >= 4 is 87.5 Å². The fourth-order valence-corrected chi connectivity index (χ4v) is 18.8. The zero-order valence-corrected chi connectivity index (χ0v) is 74.0. The second-order valence-corrected chi connectivity index (χ2v) is 32.9. The summed E-state index contributed by atoms with van der Waals surface area (Å²) in [7, 11) is 0. The summed E-state index contributed by atoms with van der Waals surface area (Å²) in [6.45, 7) is 22.1. The number of benzene rings is 15. The normalized spacial score (nSPS) is 11.5. The monoisotopic (exact) mass is 1800 g/mol. The summed E-state index contributed by atoms with van der Waals surface area (Å²) < 4.78 is 30.1. The van der Waals surface area contributed by atoms with E-state index in [-0.39, 0.29) is 20.1 Å². The number of fused-ring (bicyclic) bond motifs is 12. The van der Waals surface area contributed by atoms with Gasteiger partial charge in [0.05, 0.1) is 46.1 Å². The number of para-hydroxylation sites is 2. The van der Waals surface area contributed by atoms with Crippen LogP contribution in [0.5, 0.6) is 5.75 Å². The molecular weight excluding hydrogens is 1710 g/mol. The molecule has 125 heavy (non-hydrogen) atoms. The molecule has 0 atom stereocenters. The van der Waals surface area contributed by atoms with Crippen LogP contribution < -0.4 is 4.74 Å². The zero-order chi connectivity index (χ0) is 84.4. The predicted octanol–water partition coefficient (Wildman–Crippen LogP) is 28.7. The van der Waals surface area contributed by atoms with Gasteiger partial charge in [0, 0.05) is 109 Å². The van der Waals surface area contributed by atoms with Crippen molar-refractivity contribution in [3.63, 3.8) is 0 Å². The molecule has 15 aromatic carbocycles. The van der Waals surface area contributed by atoms with Crippen LogP contribution in [0.1, 0.15) is 74.5 Å². The van der Waals surface area contributed by atoms with Crippen molar-refractivity contribution in [1.82, 2.24) is 37.8 Å². The Balaban J connectivity index is 0.000000203. The molecule has 0 aliphatic carbocycles. The average Bonchev–Trinajstić information content (AvgIpc) is 1.58. The molecule has 0 unspecified atom stereocenters. The fraction of sp³-hybridized carbons (Fsp3) is 0.124. The number of aromatic nitrogens is 8. The Kier molecular flexibility index (Phi) is 21.7. The number of nitrogens with zero attached hydrogens (tertiary/aromatic N) is 8. The number of rotatable bonds is 16. The third kappa shape index (κ3) is 15.2. The van der Waals surface area contributed by atoms with Crippen molar-refractivity contribution in [2.75, 3.05) is 6.61 Å². The van der Waals surface area contributed by atoms with Crippen molar-refractivity contribution in [3.05, 3.63) is 402 Å². The molecule has 7 aromatic heterocycles. The zero-order valence-electron chi connectivity index (χ0n) is 71.6. The second kappa shape index (κ2) is 33.8. The minimum atomic E-state index is 0. The summed E-state index contributed by atoms with van der Waals surface area (Å²) in [6, 6.07) is 112. The van der Waals surface area contributed by atoms with Crippen LogP contribution in [-0.2, 0) is 32.9 Å². The first-order chi connectivity index (χ1) is 60.6. The van der Waals surface area contributed by atoms with Gasteiger partial charge in [0.25, 0.3) is 0 Å². The molecule has 0 aliphatic heterocycles. The van der Waals surface area contributed by atoms with Crippen molar-refractivity contribution in [2.24, 2.45) is 0 Å². The van der Waals surface area contributed by atoms with Gasteiger partial charge in [-0.1, -0.05) is 139 Å². The molecule has 0 bridgehead atoms. The molecule has 610 valence electrons. The largest absolute Gasteiger partial charge is 3.00 e. The molecule has 0 saturated carbocycles. The van der Waals surface area contributed by atoms with E-state index in [4.69, 9.17) is 18.6 Å². The van der Waals surface area contributed by atoms with Gasteiger partial charge in [-0.15, -0.1) is 107 Å². The standard InChI is InChI=1S/C77H57N4O3.2C18H17N2.Ir/c1-5-37-82-59-28-34-75-67(46-59)66-44-56(27-33-74(66)84-75)54-25-30-71-63(42-54)61-14-7-9-16-69(61)81(71)58-12-10-11-57(45-58)80-68-15-8-6-13-60(68)62-41-53(24-29-70(62)80)55-26-32-73-65(43-55)64-40-51(21-31-72(64)83-73)18-17-50-19-22-52(23-20-50)77-78-35-36-79(77)76-48(3)38-47(2)39-49(76)4;2*1-13-11-14(2)17(15(3)12-13)20-10-9-19-18(20)16-7-5-4-6-8-16;/h6-16,19-22,24-36,38-46H,5,17-18,37H2,1-4H3;2*4-7,9-12H,1-3H3;/q3*-1;+3. The van der Waals surface area contributed by atoms with Crippen molar-refractivity contribution in [1.29, 1.82) is 0 Å². The average molecular weight is 1800 g/mol. The van der Waals surface area contributed by atoms with Gasteiger partial charge in [0.15, 0.2) is 0 Å². The van der Waals surface area contributed by atoms with E-state index in [2.05, 4.69) is 345 Å². The number of hydrogen-bond donors (Lipinski definition) is 0. The molecule has 0 N–H and O–H groups in total. The van der Waals surface area contributed by atoms with Crippen LogP contribution in [-0.4, -0.2) is 44.4 Å². The smallest absolute Gasteiger partial charge is 0.494 e. The third-order valence-electron chi connectivity index (χ3n) is 24.1. The van der Waals surface area contributed by atoms with Gasteiger partial charge in [-0.3, -0.25) is 15.0 Å². The Morgan fingerprint density at radius 3 is 1.13 bits per heavy atom. The molecule has 0 amide bonds. The summed E-state index contributed by atoms with van der Waals surface area (Å²) >= 11 is 0. The van der Waals surface area contributed by atoms with Crippen LogP contribution in [0.25, 0.3) is 172 Å². The molecule has 11 nitrogen and oxygen atoms in total. The number of imidazole rings is 3. The molecule has 0 radical (unpaired) electrons. The molecular formula is C113H91IrN8O3. The Morgan fingerprint density at radius 1 is 0.320 bits per heavy atom. The molecule has 12 heteroatoms. The summed E-state index contributed by atoms with van der Waals surface area (Å²) in [5.74, 6) is 3.63. The molecule has 0 spiro atoms. The number of aryl methyl sites for hydroxylation is 11. The first-order valence-electron chi connectivity index (χ1n) is 42.6. The molecule has 0 fully saturated rings. The van der Waals surface area contributed by atoms with E-state index in [0.717, 1.165) is 159 Å². The second-order valence-electron chi connectivity index (χ2n) is 32.9. The van der Waals surface area contributed by atoms with Crippen molar-refractivity contribution in [2.45, 2.75) is 88.5 Å². The minimum Gasteiger partial charge on any atom is -0.494 e. The molecule has 22 rings (SSSR count). The van der Waals surface area contributed by atoms with Crippen molar-refractivity contribution < 1.29 is 33.7 Å². The minimum absolute atomic E-state index is 0. The van der Waals surface area contributed by atoms with E-state index in [0.29, 0.717) is 6.61 Å². The van der Waals surface area contributed by atoms with E-state index in [9.17, 15) is 0 Å². The summed E-state index contributed by atoms with van der Waals surface area (Å²) in [4.78, 5) is 13.8. The SMILES string of the molecule is CCCOc1ccc2oc3ccc(-c4ccc5c(c4)c4ccccc4n5-c4cccc(-n5c6ccccc6c6cc(-c7ccc8oc9ccc(CCc%10c[c-]c(-c%11nccn%11-c%11c(C)cc(C)cc%11C)cc%10)cc9c8c7)ccc65)c4)cc3c2c1.Cc1cc(C)c(-n2ccnc2-c2[c-]cccc2)c(C)c1.Cc1cc(C)c(-n2ccnc2-c2[c-]cccc2)c(C)c1.[Ir+3]. The van der Waals surface area contributed by atoms with Crippen LogP contribution >= 0.6 is 0 Å². The summed E-state index contributed by atoms with van der Waals surface area (Å²) in [5, 5.41) is 9.22. The molecule has 0 aliphatic rings.